The first kappa shape index (κ1) is 15.0. The molecule has 0 atom stereocenters. The van der Waals surface area contributed by atoms with Gasteiger partial charge in [-0.05, 0) is 24.6 Å². The van der Waals surface area contributed by atoms with Gasteiger partial charge in [0.1, 0.15) is 5.01 Å². The van der Waals surface area contributed by atoms with Crippen LogP contribution < -0.4 is 10.6 Å². The number of hydrogen-bond acceptors (Lipinski definition) is 3. The third-order valence-electron chi connectivity index (χ3n) is 2.67. The lowest BCUT2D eigenvalue weighted by atomic mass is 10.2. The van der Waals surface area contributed by atoms with Crippen molar-refractivity contribution < 1.29 is 0 Å². The Morgan fingerprint density at radius 3 is 2.55 bits per heavy atom. The van der Waals surface area contributed by atoms with Gasteiger partial charge in [0.2, 0.25) is 0 Å². The molecule has 106 valence electrons. The maximum absolute atomic E-state index is 4.32. The van der Waals surface area contributed by atoms with E-state index in [1.807, 2.05) is 18.3 Å². The van der Waals surface area contributed by atoms with Crippen LogP contribution in [0.5, 0.6) is 0 Å². The molecular weight excluding hydrogens is 336 g/mol. The van der Waals surface area contributed by atoms with E-state index in [-0.39, 0.29) is 0 Å². The molecule has 0 saturated heterocycles. The second kappa shape index (κ2) is 7.40. The average Bonchev–Trinajstić information content (AvgIpc) is 2.87. The number of nitrogens with zero attached hydrogens (tertiary/aromatic N) is 2. The van der Waals surface area contributed by atoms with Gasteiger partial charge >= 0.3 is 0 Å². The molecule has 0 bridgehead atoms. The number of rotatable bonds is 4. The van der Waals surface area contributed by atoms with Crippen molar-refractivity contribution >= 4 is 33.2 Å². The van der Waals surface area contributed by atoms with Crippen molar-refractivity contribution in [3.8, 4) is 0 Å². The second-order valence-corrected chi connectivity index (χ2v) is 6.51. The number of nitrogens with one attached hydrogen (secondary N) is 2. The zero-order chi connectivity index (χ0) is 14.4. The summed E-state index contributed by atoms with van der Waals surface area (Å²) < 4.78 is 1.09. The van der Waals surface area contributed by atoms with Gasteiger partial charge in [0.15, 0.2) is 5.96 Å². The van der Waals surface area contributed by atoms with Crippen molar-refractivity contribution in [3.05, 3.63) is 50.4 Å². The van der Waals surface area contributed by atoms with Crippen molar-refractivity contribution in [2.45, 2.75) is 20.0 Å². The van der Waals surface area contributed by atoms with Crippen LogP contribution in [0.2, 0.25) is 0 Å². The molecule has 0 radical (unpaired) electrons. The van der Waals surface area contributed by atoms with E-state index in [4.69, 9.17) is 0 Å². The monoisotopic (exact) mass is 352 g/mol. The van der Waals surface area contributed by atoms with E-state index in [0.717, 1.165) is 22.0 Å². The van der Waals surface area contributed by atoms with Gasteiger partial charge in [-0.1, -0.05) is 28.1 Å². The van der Waals surface area contributed by atoms with Crippen LogP contribution in [-0.2, 0) is 13.1 Å². The molecule has 2 aromatic rings. The van der Waals surface area contributed by atoms with Gasteiger partial charge in [-0.2, -0.15) is 0 Å². The molecule has 6 heteroatoms. The maximum atomic E-state index is 4.32. The van der Waals surface area contributed by atoms with Crippen LogP contribution in [-0.4, -0.2) is 18.0 Å². The number of thiazole rings is 1. The Labute approximate surface area is 131 Å². The fourth-order valence-corrected chi connectivity index (χ4v) is 2.64. The molecule has 0 amide bonds. The summed E-state index contributed by atoms with van der Waals surface area (Å²) in [4.78, 5) is 9.74. The molecule has 1 aromatic carbocycles. The Morgan fingerprint density at radius 2 is 1.95 bits per heavy atom. The van der Waals surface area contributed by atoms with E-state index < -0.39 is 0 Å². The highest BCUT2D eigenvalue weighted by Gasteiger charge is 2.01. The largest absolute Gasteiger partial charge is 0.352 e. The van der Waals surface area contributed by atoms with Gasteiger partial charge in [-0.15, -0.1) is 11.3 Å². The van der Waals surface area contributed by atoms with Crippen LogP contribution in [0.3, 0.4) is 0 Å². The summed E-state index contributed by atoms with van der Waals surface area (Å²) in [5.74, 6) is 0.778. The van der Waals surface area contributed by atoms with E-state index >= 15 is 0 Å². The summed E-state index contributed by atoms with van der Waals surface area (Å²) in [5, 5.41) is 7.60. The van der Waals surface area contributed by atoms with Crippen LogP contribution in [0.4, 0.5) is 0 Å². The van der Waals surface area contributed by atoms with E-state index in [9.17, 15) is 0 Å². The summed E-state index contributed by atoms with van der Waals surface area (Å²) in [6, 6.07) is 8.22. The quantitative estimate of drug-likeness (QED) is 0.656. The van der Waals surface area contributed by atoms with Gasteiger partial charge < -0.3 is 10.6 Å². The number of aryl methyl sites for hydroxylation is 1. The lowest BCUT2D eigenvalue weighted by Crippen LogP contribution is -2.36. The molecule has 0 spiro atoms. The number of aliphatic imine (C=N–C) groups is 1. The normalized spacial score (nSPS) is 11.4. The summed E-state index contributed by atoms with van der Waals surface area (Å²) in [5.41, 5.74) is 1.21. The predicted octanol–water partition coefficient (Wildman–Crippen LogP) is 3.08. The first-order valence-electron chi connectivity index (χ1n) is 6.27. The Hall–Kier alpha value is -1.40. The average molecular weight is 353 g/mol. The smallest absolute Gasteiger partial charge is 0.191 e. The number of halogens is 1. The van der Waals surface area contributed by atoms with Gasteiger partial charge in [-0.3, -0.25) is 4.99 Å². The Morgan fingerprint density at radius 1 is 1.25 bits per heavy atom. The number of guanidine groups is 1. The van der Waals surface area contributed by atoms with Crippen molar-refractivity contribution in [2.24, 2.45) is 4.99 Å². The number of hydrogen-bond donors (Lipinski definition) is 2. The van der Waals surface area contributed by atoms with Crippen LogP contribution in [0.15, 0.2) is 39.9 Å². The molecule has 2 N–H and O–H groups in total. The standard InChI is InChI=1S/C14H17BrN4S/c1-10-7-17-13(20-10)9-19-14(16-2)18-8-11-3-5-12(15)6-4-11/h3-7H,8-9H2,1-2H3,(H2,16,18,19). The molecule has 0 aliphatic heterocycles. The first-order valence-corrected chi connectivity index (χ1v) is 7.88. The molecule has 0 aliphatic rings. The Balaban J connectivity index is 1.82. The molecule has 0 fully saturated rings. The summed E-state index contributed by atoms with van der Waals surface area (Å²) >= 11 is 5.12. The van der Waals surface area contributed by atoms with Gasteiger partial charge in [0, 0.05) is 29.1 Å². The summed E-state index contributed by atoms with van der Waals surface area (Å²) in [7, 11) is 1.77. The van der Waals surface area contributed by atoms with Crippen LogP contribution in [0.1, 0.15) is 15.4 Å². The van der Waals surface area contributed by atoms with Crippen LogP contribution >= 0.6 is 27.3 Å². The predicted molar refractivity (Wildman–Crippen MR) is 88.0 cm³/mol. The Kier molecular flexibility index (Phi) is 5.55. The van der Waals surface area contributed by atoms with E-state index in [1.165, 1.54) is 10.4 Å². The number of aromatic nitrogens is 1. The number of benzene rings is 1. The van der Waals surface area contributed by atoms with E-state index in [1.54, 1.807) is 18.4 Å². The van der Waals surface area contributed by atoms with E-state index in [2.05, 4.69) is 55.6 Å². The zero-order valence-electron chi connectivity index (χ0n) is 11.5. The van der Waals surface area contributed by atoms with Crippen LogP contribution in [0, 0.1) is 6.92 Å². The zero-order valence-corrected chi connectivity index (χ0v) is 13.9. The van der Waals surface area contributed by atoms with E-state index in [0.29, 0.717) is 6.54 Å². The minimum absolute atomic E-state index is 0.693. The van der Waals surface area contributed by atoms with Crippen molar-refractivity contribution in [1.82, 2.24) is 15.6 Å². The summed E-state index contributed by atoms with van der Waals surface area (Å²) in [6.07, 6.45) is 1.89. The molecule has 0 saturated carbocycles. The molecule has 0 unspecified atom stereocenters. The van der Waals surface area contributed by atoms with Gasteiger partial charge in [0.25, 0.3) is 0 Å². The van der Waals surface area contributed by atoms with Gasteiger partial charge in [0.05, 0.1) is 6.54 Å². The lowest BCUT2D eigenvalue weighted by molar-refractivity contribution is 0.805. The maximum Gasteiger partial charge on any atom is 0.191 e. The van der Waals surface area contributed by atoms with Crippen LogP contribution in [0.25, 0.3) is 0 Å². The fraction of sp³-hybridized carbons (Fsp3) is 0.286. The fourth-order valence-electron chi connectivity index (χ4n) is 1.65. The highest BCUT2D eigenvalue weighted by atomic mass is 79.9. The molecule has 1 aromatic heterocycles. The molecule has 20 heavy (non-hydrogen) atoms. The second-order valence-electron chi connectivity index (χ2n) is 4.27. The topological polar surface area (TPSA) is 49.3 Å². The first-order chi connectivity index (χ1) is 9.67. The molecule has 1 heterocycles. The Bertz CT molecular complexity index is 577. The van der Waals surface area contributed by atoms with Crippen molar-refractivity contribution in [1.29, 1.82) is 0 Å². The lowest BCUT2D eigenvalue weighted by Gasteiger charge is -2.11. The third kappa shape index (κ3) is 4.61. The molecule has 4 nitrogen and oxygen atoms in total. The highest BCUT2D eigenvalue weighted by molar-refractivity contribution is 9.10. The molecule has 2 rings (SSSR count). The molecular formula is C14H17BrN4S. The highest BCUT2D eigenvalue weighted by Crippen LogP contribution is 2.11. The van der Waals surface area contributed by atoms with Gasteiger partial charge in [-0.25, -0.2) is 4.98 Å². The molecule has 0 aliphatic carbocycles. The minimum atomic E-state index is 0.693. The van der Waals surface area contributed by atoms with Crippen molar-refractivity contribution in [2.75, 3.05) is 7.05 Å². The minimum Gasteiger partial charge on any atom is -0.352 e. The third-order valence-corrected chi connectivity index (χ3v) is 4.11. The van der Waals surface area contributed by atoms with Crippen molar-refractivity contribution in [3.63, 3.8) is 0 Å². The SMILES string of the molecule is CN=C(NCc1ccc(Br)cc1)NCc1ncc(C)s1. The summed E-state index contributed by atoms with van der Waals surface area (Å²) in [6.45, 7) is 3.49.